The summed E-state index contributed by atoms with van der Waals surface area (Å²) in [5.41, 5.74) is 0.526. The van der Waals surface area contributed by atoms with Gasteiger partial charge in [-0.05, 0) is 38.0 Å². The summed E-state index contributed by atoms with van der Waals surface area (Å²) in [5.74, 6) is 0.292. The molecule has 0 amide bonds. The molecule has 0 aliphatic carbocycles. The van der Waals surface area contributed by atoms with Crippen molar-refractivity contribution in [3.05, 3.63) is 41.3 Å². The summed E-state index contributed by atoms with van der Waals surface area (Å²) >= 11 is 0. The molecule has 0 spiro atoms. The normalized spacial score (nSPS) is 19.7. The Labute approximate surface area is 128 Å². The van der Waals surface area contributed by atoms with Gasteiger partial charge in [0.15, 0.2) is 5.82 Å². The molecule has 1 aliphatic rings. The Morgan fingerprint density at radius 2 is 2.14 bits per heavy atom. The predicted octanol–water partition coefficient (Wildman–Crippen LogP) is 2.00. The minimum absolute atomic E-state index is 0.00913. The molecule has 22 heavy (non-hydrogen) atoms. The lowest BCUT2D eigenvalue weighted by atomic mass is 10.1. The predicted molar refractivity (Wildman–Crippen MR) is 76.3 cm³/mol. The van der Waals surface area contributed by atoms with E-state index in [9.17, 15) is 12.8 Å². The maximum atomic E-state index is 13.4. The van der Waals surface area contributed by atoms with E-state index in [1.165, 1.54) is 16.4 Å². The smallest absolute Gasteiger partial charge is 0.243 e. The standard InChI is InChI=1S/C14H16FN3O3S/c1-9-3-4-12(15)7-13(9)22(19,20)18-6-5-11(8-18)14-16-10(2)17-21-14/h3-4,7,11H,5-6,8H2,1-2H3. The van der Waals surface area contributed by atoms with Gasteiger partial charge in [0.1, 0.15) is 5.82 Å². The quantitative estimate of drug-likeness (QED) is 0.863. The van der Waals surface area contributed by atoms with Gasteiger partial charge in [-0.2, -0.15) is 9.29 Å². The maximum absolute atomic E-state index is 13.4. The minimum atomic E-state index is -3.72. The second-order valence-electron chi connectivity index (χ2n) is 5.44. The van der Waals surface area contributed by atoms with Crippen molar-refractivity contribution in [2.24, 2.45) is 0 Å². The van der Waals surface area contributed by atoms with Crippen molar-refractivity contribution in [2.45, 2.75) is 31.1 Å². The average molecular weight is 325 g/mol. The second kappa shape index (κ2) is 5.44. The zero-order valence-electron chi connectivity index (χ0n) is 12.3. The molecule has 118 valence electrons. The van der Waals surface area contributed by atoms with E-state index in [0.29, 0.717) is 30.2 Å². The fourth-order valence-corrected chi connectivity index (χ4v) is 4.35. The van der Waals surface area contributed by atoms with Crippen LogP contribution in [-0.2, 0) is 10.0 Å². The van der Waals surface area contributed by atoms with Crippen LogP contribution in [0.25, 0.3) is 0 Å². The first kappa shape index (κ1) is 15.1. The van der Waals surface area contributed by atoms with E-state index < -0.39 is 15.8 Å². The summed E-state index contributed by atoms with van der Waals surface area (Å²) in [6.45, 7) is 3.98. The van der Waals surface area contributed by atoms with Crippen molar-refractivity contribution in [1.29, 1.82) is 0 Å². The first-order chi connectivity index (χ1) is 10.4. The van der Waals surface area contributed by atoms with Gasteiger partial charge in [0.2, 0.25) is 15.9 Å². The SMILES string of the molecule is Cc1noc(C2CCN(S(=O)(=O)c3cc(F)ccc3C)C2)n1. The highest BCUT2D eigenvalue weighted by Gasteiger charge is 2.36. The molecule has 1 aromatic heterocycles. The van der Waals surface area contributed by atoms with Crippen LogP contribution in [0.3, 0.4) is 0 Å². The fraction of sp³-hybridized carbons (Fsp3) is 0.429. The van der Waals surface area contributed by atoms with Crippen LogP contribution >= 0.6 is 0 Å². The number of benzene rings is 1. The van der Waals surface area contributed by atoms with Gasteiger partial charge in [-0.15, -0.1) is 0 Å². The summed E-state index contributed by atoms with van der Waals surface area (Å²) in [4.78, 5) is 4.16. The lowest BCUT2D eigenvalue weighted by Gasteiger charge is -2.17. The first-order valence-corrected chi connectivity index (χ1v) is 8.38. The third-order valence-electron chi connectivity index (χ3n) is 3.81. The highest BCUT2D eigenvalue weighted by molar-refractivity contribution is 7.89. The first-order valence-electron chi connectivity index (χ1n) is 6.94. The van der Waals surface area contributed by atoms with E-state index in [-0.39, 0.29) is 17.4 Å². The summed E-state index contributed by atoms with van der Waals surface area (Å²) in [6, 6.07) is 3.79. The number of hydrogen-bond acceptors (Lipinski definition) is 5. The van der Waals surface area contributed by atoms with E-state index in [1.54, 1.807) is 13.8 Å². The van der Waals surface area contributed by atoms with Crippen LogP contribution in [0.15, 0.2) is 27.6 Å². The number of halogens is 1. The molecule has 2 aromatic rings. The molecule has 1 aromatic carbocycles. The lowest BCUT2D eigenvalue weighted by molar-refractivity contribution is 0.351. The van der Waals surface area contributed by atoms with Crippen LogP contribution in [0.2, 0.25) is 0 Å². The van der Waals surface area contributed by atoms with Crippen LogP contribution in [0.4, 0.5) is 4.39 Å². The Morgan fingerprint density at radius 3 is 2.82 bits per heavy atom. The molecular formula is C14H16FN3O3S. The second-order valence-corrected chi connectivity index (χ2v) is 7.34. The molecule has 1 saturated heterocycles. The summed E-state index contributed by atoms with van der Waals surface area (Å²) in [5, 5.41) is 3.73. The van der Waals surface area contributed by atoms with E-state index >= 15 is 0 Å². The third-order valence-corrected chi connectivity index (χ3v) is 5.82. The number of hydrogen-bond donors (Lipinski definition) is 0. The molecule has 3 rings (SSSR count). The van der Waals surface area contributed by atoms with Crippen LogP contribution in [0.1, 0.15) is 29.6 Å². The topological polar surface area (TPSA) is 76.3 Å². The van der Waals surface area contributed by atoms with E-state index in [1.807, 2.05) is 0 Å². The molecule has 1 aliphatic heterocycles. The third kappa shape index (κ3) is 2.64. The Morgan fingerprint density at radius 1 is 1.36 bits per heavy atom. The fourth-order valence-electron chi connectivity index (χ4n) is 2.62. The largest absolute Gasteiger partial charge is 0.339 e. The van der Waals surface area contributed by atoms with Gasteiger partial charge in [-0.3, -0.25) is 0 Å². The molecule has 1 fully saturated rings. The Hall–Kier alpha value is -1.80. The Kier molecular flexibility index (Phi) is 3.73. The zero-order valence-corrected chi connectivity index (χ0v) is 13.1. The molecule has 1 atom stereocenters. The summed E-state index contributed by atoms with van der Waals surface area (Å²) in [6.07, 6.45) is 0.606. The van der Waals surface area contributed by atoms with Gasteiger partial charge < -0.3 is 4.52 Å². The highest BCUT2D eigenvalue weighted by atomic mass is 32.2. The molecule has 1 unspecified atom stereocenters. The molecule has 6 nitrogen and oxygen atoms in total. The molecule has 0 bridgehead atoms. The minimum Gasteiger partial charge on any atom is -0.339 e. The summed E-state index contributed by atoms with van der Waals surface area (Å²) < 4.78 is 45.2. The number of sulfonamides is 1. The molecule has 2 heterocycles. The van der Waals surface area contributed by atoms with Crippen LogP contribution in [0.5, 0.6) is 0 Å². The van der Waals surface area contributed by atoms with Crippen molar-refractivity contribution >= 4 is 10.0 Å². The molecular weight excluding hydrogens is 309 g/mol. The van der Waals surface area contributed by atoms with Gasteiger partial charge in [0.25, 0.3) is 0 Å². The van der Waals surface area contributed by atoms with Crippen LogP contribution in [0, 0.1) is 19.7 Å². The number of nitrogens with zero attached hydrogens (tertiary/aromatic N) is 3. The molecule has 0 N–H and O–H groups in total. The highest BCUT2D eigenvalue weighted by Crippen LogP contribution is 2.31. The molecule has 8 heteroatoms. The van der Waals surface area contributed by atoms with Gasteiger partial charge in [0.05, 0.1) is 10.8 Å². The Balaban J connectivity index is 1.86. The van der Waals surface area contributed by atoms with E-state index in [2.05, 4.69) is 10.1 Å². The zero-order chi connectivity index (χ0) is 15.9. The Bertz CT molecular complexity index is 803. The number of aryl methyl sites for hydroxylation is 2. The van der Waals surface area contributed by atoms with Crippen LogP contribution in [-0.4, -0.2) is 36.0 Å². The molecule has 0 radical (unpaired) electrons. The van der Waals surface area contributed by atoms with Gasteiger partial charge in [-0.25, -0.2) is 12.8 Å². The maximum Gasteiger partial charge on any atom is 0.243 e. The number of rotatable bonds is 3. The number of aromatic nitrogens is 2. The van der Waals surface area contributed by atoms with Crippen LogP contribution < -0.4 is 0 Å². The van der Waals surface area contributed by atoms with E-state index in [4.69, 9.17) is 4.52 Å². The molecule has 0 saturated carbocycles. The average Bonchev–Trinajstić information content (AvgIpc) is 3.10. The van der Waals surface area contributed by atoms with Crippen molar-refractivity contribution in [2.75, 3.05) is 13.1 Å². The summed E-state index contributed by atoms with van der Waals surface area (Å²) in [7, 11) is -3.72. The lowest BCUT2D eigenvalue weighted by Crippen LogP contribution is -2.29. The van der Waals surface area contributed by atoms with Crippen molar-refractivity contribution < 1.29 is 17.3 Å². The van der Waals surface area contributed by atoms with E-state index in [0.717, 1.165) is 6.07 Å². The van der Waals surface area contributed by atoms with Crippen molar-refractivity contribution in [1.82, 2.24) is 14.4 Å². The van der Waals surface area contributed by atoms with Gasteiger partial charge in [-0.1, -0.05) is 11.2 Å². The van der Waals surface area contributed by atoms with Gasteiger partial charge >= 0.3 is 0 Å². The monoisotopic (exact) mass is 325 g/mol. The van der Waals surface area contributed by atoms with Crippen molar-refractivity contribution in [3.63, 3.8) is 0 Å². The van der Waals surface area contributed by atoms with Gasteiger partial charge in [0, 0.05) is 13.1 Å². The van der Waals surface area contributed by atoms with Crippen molar-refractivity contribution in [3.8, 4) is 0 Å².